The second-order valence-electron chi connectivity index (χ2n) is 4.28. The maximum atomic E-state index is 6.09. The molecule has 2 heterocycles. The Morgan fingerprint density at radius 3 is 2.90 bits per heavy atom. The molecule has 0 fully saturated rings. The number of nitrogens with one attached hydrogen (secondary N) is 1. The first kappa shape index (κ1) is 14.8. The molecule has 2 rings (SSSR count). The highest BCUT2D eigenvalue weighted by Crippen LogP contribution is 2.18. The lowest BCUT2D eigenvalue weighted by Crippen LogP contribution is -2.14. The van der Waals surface area contributed by atoms with Gasteiger partial charge in [-0.2, -0.15) is 0 Å². The molecule has 0 atom stereocenters. The van der Waals surface area contributed by atoms with E-state index < -0.39 is 0 Å². The summed E-state index contributed by atoms with van der Waals surface area (Å²) in [5.41, 5.74) is 1.82. The van der Waals surface area contributed by atoms with Gasteiger partial charge in [0.2, 0.25) is 5.88 Å². The lowest BCUT2D eigenvalue weighted by molar-refractivity contribution is 0.307. The first-order valence-corrected chi connectivity index (χ1v) is 7.06. The minimum atomic E-state index is 0.548. The number of pyridine rings is 2. The normalized spacial score (nSPS) is 10.5. The fourth-order valence-electron chi connectivity index (χ4n) is 1.72. The zero-order valence-electron chi connectivity index (χ0n) is 11.5. The molecule has 5 heteroatoms. The van der Waals surface area contributed by atoms with Gasteiger partial charge in [-0.3, -0.25) is 4.98 Å². The molecular formula is C15H18ClN3O. The van der Waals surface area contributed by atoms with E-state index in [1.165, 1.54) is 0 Å². The van der Waals surface area contributed by atoms with Crippen LogP contribution in [0.2, 0.25) is 5.02 Å². The number of rotatable bonds is 7. The molecule has 4 nitrogen and oxygen atoms in total. The number of nitrogens with zero attached hydrogens (tertiary/aromatic N) is 2. The summed E-state index contributed by atoms with van der Waals surface area (Å²) in [6.07, 6.45) is 2.54. The molecule has 0 bridgehead atoms. The average Bonchev–Trinajstić information content (AvgIpc) is 2.49. The third-order valence-corrected chi connectivity index (χ3v) is 3.11. The van der Waals surface area contributed by atoms with Crippen LogP contribution >= 0.6 is 11.6 Å². The van der Waals surface area contributed by atoms with Crippen molar-refractivity contribution in [1.82, 2.24) is 15.3 Å². The van der Waals surface area contributed by atoms with Crippen molar-refractivity contribution in [2.24, 2.45) is 0 Å². The number of aromatic nitrogens is 2. The van der Waals surface area contributed by atoms with Crippen molar-refractivity contribution in [3.63, 3.8) is 0 Å². The molecule has 2 aromatic heterocycles. The first-order chi connectivity index (χ1) is 9.79. The summed E-state index contributed by atoms with van der Waals surface area (Å²) in [5, 5.41) is 3.86. The zero-order valence-corrected chi connectivity index (χ0v) is 12.2. The van der Waals surface area contributed by atoms with Gasteiger partial charge in [-0.25, -0.2) is 4.98 Å². The van der Waals surface area contributed by atoms with Crippen LogP contribution in [0.3, 0.4) is 0 Å². The van der Waals surface area contributed by atoms with Crippen LogP contribution in [0.1, 0.15) is 18.3 Å². The van der Waals surface area contributed by atoms with Crippen LogP contribution in [0.5, 0.6) is 5.88 Å². The zero-order chi connectivity index (χ0) is 14.2. The van der Waals surface area contributed by atoms with Crippen molar-refractivity contribution < 1.29 is 4.74 Å². The standard InChI is InChI=1S/C15H18ClN3O/c1-2-17-11-14-13(16)6-7-15(19-14)20-10-8-12-5-3-4-9-18-12/h3-7,9,17H,2,8,10-11H2,1H3. The predicted molar refractivity (Wildman–Crippen MR) is 80.1 cm³/mol. The van der Waals surface area contributed by atoms with E-state index >= 15 is 0 Å². The van der Waals surface area contributed by atoms with Crippen LogP contribution in [0.15, 0.2) is 36.5 Å². The topological polar surface area (TPSA) is 47.0 Å². The largest absolute Gasteiger partial charge is 0.477 e. The summed E-state index contributed by atoms with van der Waals surface area (Å²) in [4.78, 5) is 8.65. The molecule has 0 saturated carbocycles. The van der Waals surface area contributed by atoms with Crippen molar-refractivity contribution >= 4 is 11.6 Å². The van der Waals surface area contributed by atoms with Gasteiger partial charge in [0.05, 0.1) is 17.3 Å². The van der Waals surface area contributed by atoms with E-state index in [0.29, 0.717) is 24.1 Å². The number of halogens is 1. The maximum absolute atomic E-state index is 6.09. The highest BCUT2D eigenvalue weighted by atomic mass is 35.5. The third-order valence-electron chi connectivity index (χ3n) is 2.77. The Balaban J connectivity index is 1.89. The van der Waals surface area contributed by atoms with E-state index in [1.807, 2.05) is 31.2 Å². The van der Waals surface area contributed by atoms with Gasteiger partial charge in [0.1, 0.15) is 0 Å². The van der Waals surface area contributed by atoms with Crippen LogP contribution in [0.25, 0.3) is 0 Å². The van der Waals surface area contributed by atoms with Crippen LogP contribution < -0.4 is 10.1 Å². The summed E-state index contributed by atoms with van der Waals surface area (Å²) in [7, 11) is 0. The Hall–Kier alpha value is -1.65. The highest BCUT2D eigenvalue weighted by molar-refractivity contribution is 6.31. The lowest BCUT2D eigenvalue weighted by atomic mass is 10.3. The van der Waals surface area contributed by atoms with E-state index in [-0.39, 0.29) is 0 Å². The average molecular weight is 292 g/mol. The molecule has 20 heavy (non-hydrogen) atoms. The third kappa shape index (κ3) is 4.47. The van der Waals surface area contributed by atoms with Crippen molar-refractivity contribution in [3.8, 4) is 5.88 Å². The SMILES string of the molecule is CCNCc1nc(OCCc2ccccn2)ccc1Cl. The van der Waals surface area contributed by atoms with Gasteiger partial charge in [0, 0.05) is 30.9 Å². The Kier molecular flexibility index (Phi) is 5.77. The number of hydrogen-bond donors (Lipinski definition) is 1. The molecule has 0 aliphatic heterocycles. The molecular weight excluding hydrogens is 274 g/mol. The minimum Gasteiger partial charge on any atom is -0.477 e. The highest BCUT2D eigenvalue weighted by Gasteiger charge is 2.04. The fraction of sp³-hybridized carbons (Fsp3) is 0.333. The molecule has 0 amide bonds. The van der Waals surface area contributed by atoms with Crippen LogP contribution in [-0.2, 0) is 13.0 Å². The molecule has 2 aromatic rings. The summed E-state index contributed by atoms with van der Waals surface area (Å²) >= 11 is 6.09. The molecule has 0 saturated heterocycles. The summed E-state index contributed by atoms with van der Waals surface area (Å²) in [5.74, 6) is 0.596. The summed E-state index contributed by atoms with van der Waals surface area (Å²) in [6.45, 7) is 4.11. The second kappa shape index (κ2) is 7.82. The van der Waals surface area contributed by atoms with Gasteiger partial charge < -0.3 is 10.1 Å². The van der Waals surface area contributed by atoms with E-state index in [1.54, 1.807) is 12.3 Å². The van der Waals surface area contributed by atoms with E-state index in [9.17, 15) is 0 Å². The molecule has 1 N–H and O–H groups in total. The second-order valence-corrected chi connectivity index (χ2v) is 4.69. The quantitative estimate of drug-likeness (QED) is 0.852. The Labute approximate surface area is 124 Å². The van der Waals surface area contributed by atoms with Crippen molar-refractivity contribution in [2.45, 2.75) is 19.9 Å². The predicted octanol–water partition coefficient (Wildman–Crippen LogP) is 2.86. The van der Waals surface area contributed by atoms with Gasteiger partial charge in [-0.05, 0) is 24.7 Å². The first-order valence-electron chi connectivity index (χ1n) is 6.68. The van der Waals surface area contributed by atoms with E-state index in [4.69, 9.17) is 16.3 Å². The fourth-order valence-corrected chi connectivity index (χ4v) is 1.89. The molecule has 106 valence electrons. The smallest absolute Gasteiger partial charge is 0.213 e. The lowest BCUT2D eigenvalue weighted by Gasteiger charge is -2.08. The van der Waals surface area contributed by atoms with E-state index in [2.05, 4.69) is 15.3 Å². The molecule has 0 aromatic carbocycles. The van der Waals surface area contributed by atoms with Gasteiger partial charge in [0.15, 0.2) is 0 Å². The molecule has 0 aliphatic rings. The molecule has 0 aliphatic carbocycles. The number of hydrogen-bond acceptors (Lipinski definition) is 4. The summed E-state index contributed by atoms with van der Waals surface area (Å²) < 4.78 is 5.65. The number of ether oxygens (including phenoxy) is 1. The minimum absolute atomic E-state index is 0.548. The Morgan fingerprint density at radius 2 is 2.15 bits per heavy atom. The summed E-state index contributed by atoms with van der Waals surface area (Å²) in [6, 6.07) is 9.46. The van der Waals surface area contributed by atoms with Crippen molar-refractivity contribution in [3.05, 3.63) is 52.9 Å². The van der Waals surface area contributed by atoms with Crippen LogP contribution in [0.4, 0.5) is 0 Å². The Bertz CT molecular complexity index is 534. The van der Waals surface area contributed by atoms with Crippen molar-refractivity contribution in [1.29, 1.82) is 0 Å². The monoisotopic (exact) mass is 291 g/mol. The van der Waals surface area contributed by atoms with Crippen LogP contribution in [0, 0.1) is 0 Å². The van der Waals surface area contributed by atoms with Gasteiger partial charge in [-0.15, -0.1) is 0 Å². The molecule has 0 spiro atoms. The molecule has 0 unspecified atom stereocenters. The molecule has 0 radical (unpaired) electrons. The Morgan fingerprint density at radius 1 is 1.25 bits per heavy atom. The van der Waals surface area contributed by atoms with Crippen LogP contribution in [-0.4, -0.2) is 23.1 Å². The van der Waals surface area contributed by atoms with E-state index in [0.717, 1.165) is 24.4 Å². The van der Waals surface area contributed by atoms with Crippen molar-refractivity contribution in [2.75, 3.05) is 13.2 Å². The maximum Gasteiger partial charge on any atom is 0.213 e. The van der Waals surface area contributed by atoms with Gasteiger partial charge in [-0.1, -0.05) is 24.6 Å². The van der Waals surface area contributed by atoms with Gasteiger partial charge >= 0.3 is 0 Å². The van der Waals surface area contributed by atoms with Gasteiger partial charge in [0.25, 0.3) is 0 Å².